The highest BCUT2D eigenvalue weighted by Gasteiger charge is 2.19. The number of allylic oxidation sites excluding steroid dienone is 1. The number of carbonyl (C=O) groups excluding carboxylic acids is 2. The Morgan fingerprint density at radius 2 is 2.15 bits per heavy atom. The molecule has 0 atom stereocenters. The van der Waals surface area contributed by atoms with Crippen LogP contribution in [0.25, 0.3) is 6.08 Å². The van der Waals surface area contributed by atoms with Gasteiger partial charge in [0.05, 0.1) is 29.4 Å². The van der Waals surface area contributed by atoms with Crippen molar-refractivity contribution < 1.29 is 29.1 Å². The summed E-state index contributed by atoms with van der Waals surface area (Å²) in [6, 6.07) is 6.76. The second-order valence-corrected chi connectivity index (χ2v) is 5.59. The smallest absolute Gasteiger partial charge is 0.280 e. The van der Waals surface area contributed by atoms with Crippen LogP contribution in [-0.2, 0) is 4.79 Å². The summed E-state index contributed by atoms with van der Waals surface area (Å²) in [6.45, 7) is -0.0907. The number of anilines is 1. The Kier molecular flexibility index (Phi) is 4.75. The van der Waals surface area contributed by atoms with E-state index in [2.05, 4.69) is 5.32 Å². The second kappa shape index (κ2) is 7.16. The Balaban J connectivity index is 1.90. The van der Waals surface area contributed by atoms with Gasteiger partial charge in [-0.15, -0.1) is 0 Å². The van der Waals surface area contributed by atoms with Crippen molar-refractivity contribution in [1.82, 2.24) is 0 Å². The van der Waals surface area contributed by atoms with Crippen molar-refractivity contribution in [3.63, 3.8) is 0 Å². The van der Waals surface area contributed by atoms with Gasteiger partial charge in [-0.3, -0.25) is 19.7 Å². The van der Waals surface area contributed by atoms with Gasteiger partial charge in [0.2, 0.25) is 0 Å². The van der Waals surface area contributed by atoms with Crippen molar-refractivity contribution in [3.8, 4) is 17.2 Å². The van der Waals surface area contributed by atoms with Crippen LogP contribution in [0.15, 0.2) is 36.4 Å². The lowest BCUT2D eigenvalue weighted by atomic mass is 10.1. The molecule has 0 spiro atoms. The van der Waals surface area contributed by atoms with E-state index in [0.29, 0.717) is 11.4 Å². The summed E-state index contributed by atoms with van der Waals surface area (Å²) in [5.41, 5.74) is 0.369. The van der Waals surface area contributed by atoms with E-state index in [1.807, 2.05) is 0 Å². The summed E-state index contributed by atoms with van der Waals surface area (Å²) in [6.07, 6.45) is 2.42. The maximum Gasteiger partial charge on any atom is 0.280 e. The molecule has 27 heavy (non-hydrogen) atoms. The number of nitro groups is 1. The minimum Gasteiger partial charge on any atom is -0.504 e. The highest BCUT2D eigenvalue weighted by molar-refractivity contribution is 6.08. The third-order valence-corrected chi connectivity index (χ3v) is 3.84. The van der Waals surface area contributed by atoms with Gasteiger partial charge in [0.25, 0.3) is 11.6 Å². The highest BCUT2D eigenvalue weighted by Crippen LogP contribution is 2.34. The molecule has 0 aromatic heterocycles. The Labute approximate surface area is 153 Å². The summed E-state index contributed by atoms with van der Waals surface area (Å²) in [7, 11) is 1.31. The number of ketones is 1. The van der Waals surface area contributed by atoms with Gasteiger partial charge in [0.1, 0.15) is 5.75 Å². The number of hydrogen-bond donors (Lipinski definition) is 2. The van der Waals surface area contributed by atoms with E-state index in [4.69, 9.17) is 9.47 Å². The molecule has 2 N–H and O–H groups in total. The molecule has 9 nitrogen and oxygen atoms in total. The molecule has 2 aromatic carbocycles. The Morgan fingerprint density at radius 3 is 2.85 bits per heavy atom. The maximum atomic E-state index is 12.4. The largest absolute Gasteiger partial charge is 0.504 e. The third kappa shape index (κ3) is 3.71. The van der Waals surface area contributed by atoms with Crippen molar-refractivity contribution >= 4 is 29.1 Å². The first-order valence-corrected chi connectivity index (χ1v) is 7.73. The van der Waals surface area contributed by atoms with Crippen LogP contribution in [0.2, 0.25) is 0 Å². The Hall–Kier alpha value is -3.88. The standard InChI is InChI=1S/C18H14N2O7/c1-26-17-7-10(13(20(24)25)8-15(17)22)2-4-14(21)11-3-5-16-12(6-11)19-18(23)9-27-16/h2-8,22H,9H2,1H3,(H,19,23). The molecule has 1 heterocycles. The van der Waals surface area contributed by atoms with Crippen LogP contribution >= 0.6 is 0 Å². The van der Waals surface area contributed by atoms with E-state index in [-0.39, 0.29) is 40.8 Å². The highest BCUT2D eigenvalue weighted by atomic mass is 16.6. The summed E-state index contributed by atoms with van der Waals surface area (Å²) < 4.78 is 10.2. The van der Waals surface area contributed by atoms with Crippen molar-refractivity contribution in [1.29, 1.82) is 0 Å². The van der Waals surface area contributed by atoms with Crippen LogP contribution in [-0.4, -0.2) is 35.4 Å². The minimum absolute atomic E-state index is 0.0429. The SMILES string of the molecule is COc1cc(C=CC(=O)c2ccc3c(c2)NC(=O)CO3)c([N+](=O)[O-])cc1O. The fourth-order valence-electron chi connectivity index (χ4n) is 2.53. The summed E-state index contributed by atoms with van der Waals surface area (Å²) >= 11 is 0. The first-order chi connectivity index (χ1) is 12.9. The summed E-state index contributed by atoms with van der Waals surface area (Å²) in [4.78, 5) is 34.3. The van der Waals surface area contributed by atoms with Crippen LogP contribution < -0.4 is 14.8 Å². The van der Waals surface area contributed by atoms with Gasteiger partial charge in [0, 0.05) is 5.56 Å². The number of nitrogens with one attached hydrogen (secondary N) is 1. The number of amides is 1. The Morgan fingerprint density at radius 1 is 1.37 bits per heavy atom. The molecule has 2 aromatic rings. The van der Waals surface area contributed by atoms with Crippen molar-refractivity contribution in [2.24, 2.45) is 0 Å². The van der Waals surface area contributed by atoms with Gasteiger partial charge in [-0.25, -0.2) is 0 Å². The molecule has 0 fully saturated rings. The average Bonchev–Trinajstić information content (AvgIpc) is 2.65. The third-order valence-electron chi connectivity index (χ3n) is 3.84. The van der Waals surface area contributed by atoms with E-state index in [1.165, 1.54) is 31.4 Å². The number of rotatable bonds is 5. The van der Waals surface area contributed by atoms with Crippen molar-refractivity contribution in [3.05, 3.63) is 57.6 Å². The number of carbonyl (C=O) groups is 2. The predicted molar refractivity (Wildman–Crippen MR) is 95.2 cm³/mol. The molecule has 0 bridgehead atoms. The van der Waals surface area contributed by atoms with Gasteiger partial charge in [0.15, 0.2) is 23.9 Å². The molecule has 9 heteroatoms. The van der Waals surface area contributed by atoms with E-state index in [1.54, 1.807) is 6.07 Å². The molecule has 138 valence electrons. The number of ether oxygens (including phenoxy) is 2. The van der Waals surface area contributed by atoms with Gasteiger partial charge >= 0.3 is 0 Å². The quantitative estimate of drug-likeness (QED) is 0.358. The molecular formula is C18H14N2O7. The number of methoxy groups -OCH3 is 1. The van der Waals surface area contributed by atoms with Gasteiger partial charge in [-0.05, 0) is 36.4 Å². The average molecular weight is 370 g/mol. The topological polar surface area (TPSA) is 128 Å². The molecule has 0 radical (unpaired) electrons. The van der Waals surface area contributed by atoms with Crippen LogP contribution in [0.4, 0.5) is 11.4 Å². The van der Waals surface area contributed by atoms with Crippen LogP contribution in [0.3, 0.4) is 0 Å². The molecule has 1 amide bonds. The Bertz CT molecular complexity index is 982. The number of hydrogen-bond acceptors (Lipinski definition) is 7. The summed E-state index contributed by atoms with van der Waals surface area (Å²) in [5.74, 6) is -0.637. The van der Waals surface area contributed by atoms with Crippen molar-refractivity contribution in [2.75, 3.05) is 19.0 Å². The van der Waals surface area contributed by atoms with E-state index >= 15 is 0 Å². The van der Waals surface area contributed by atoms with Crippen molar-refractivity contribution in [2.45, 2.75) is 0 Å². The number of phenols is 1. The molecule has 1 aliphatic rings. The van der Waals surface area contributed by atoms with E-state index in [0.717, 1.165) is 12.1 Å². The van der Waals surface area contributed by atoms with Gasteiger partial charge in [-0.2, -0.15) is 0 Å². The second-order valence-electron chi connectivity index (χ2n) is 5.59. The first kappa shape index (κ1) is 17.9. The van der Waals surface area contributed by atoms with Gasteiger partial charge in [-0.1, -0.05) is 0 Å². The molecule has 0 saturated heterocycles. The zero-order valence-corrected chi connectivity index (χ0v) is 14.1. The lowest BCUT2D eigenvalue weighted by Crippen LogP contribution is -2.25. The van der Waals surface area contributed by atoms with E-state index < -0.39 is 10.7 Å². The lowest BCUT2D eigenvalue weighted by Gasteiger charge is -2.17. The number of nitrogens with zero attached hydrogens (tertiary/aromatic N) is 1. The fraction of sp³-hybridized carbons (Fsp3) is 0.111. The predicted octanol–water partition coefficient (Wildman–Crippen LogP) is 2.54. The van der Waals surface area contributed by atoms with E-state index in [9.17, 15) is 24.8 Å². The number of nitro benzene ring substituents is 1. The molecule has 0 saturated carbocycles. The minimum atomic E-state index is -0.672. The molecule has 1 aliphatic heterocycles. The van der Waals surface area contributed by atoms with Crippen LogP contribution in [0.5, 0.6) is 17.2 Å². The number of phenolic OH excluding ortho intramolecular Hbond substituents is 1. The number of aromatic hydroxyl groups is 1. The maximum absolute atomic E-state index is 12.4. The monoisotopic (exact) mass is 370 g/mol. The number of fused-ring (bicyclic) bond motifs is 1. The van der Waals surface area contributed by atoms with Crippen LogP contribution in [0, 0.1) is 10.1 Å². The first-order valence-electron chi connectivity index (χ1n) is 7.73. The zero-order chi connectivity index (χ0) is 19.6. The lowest BCUT2D eigenvalue weighted by molar-refractivity contribution is -0.385. The van der Waals surface area contributed by atoms with Crippen LogP contribution in [0.1, 0.15) is 15.9 Å². The molecular weight excluding hydrogens is 356 g/mol. The normalized spacial score (nSPS) is 12.9. The van der Waals surface area contributed by atoms with Gasteiger partial charge < -0.3 is 19.9 Å². The zero-order valence-electron chi connectivity index (χ0n) is 14.1. The summed E-state index contributed by atoms with van der Waals surface area (Å²) in [5, 5.41) is 23.4. The molecule has 0 unspecified atom stereocenters. The molecule has 0 aliphatic carbocycles. The molecule has 3 rings (SSSR count). The fourth-order valence-corrected chi connectivity index (χ4v) is 2.53. The number of benzene rings is 2.